The smallest absolute Gasteiger partial charge is 0.280 e. The maximum Gasteiger partial charge on any atom is 0.280 e. The van der Waals surface area contributed by atoms with Gasteiger partial charge in [-0.2, -0.15) is 5.10 Å². The highest BCUT2D eigenvalue weighted by molar-refractivity contribution is 5.84. The molecule has 108 valence electrons. The lowest BCUT2D eigenvalue weighted by atomic mass is 10.2. The summed E-state index contributed by atoms with van der Waals surface area (Å²) in [4.78, 5) is 15.8. The Labute approximate surface area is 123 Å². The molecule has 2 aromatic rings. The molecule has 0 fully saturated rings. The lowest BCUT2D eigenvalue weighted by molar-refractivity contribution is -0.127. The van der Waals surface area contributed by atoms with E-state index in [4.69, 9.17) is 4.74 Å². The molecule has 1 N–H and O–H groups in total. The number of benzene rings is 1. The zero-order valence-corrected chi connectivity index (χ0v) is 12.0. The number of hydrogen-bond acceptors (Lipinski definition) is 4. The molecule has 0 aliphatic heterocycles. The normalized spacial score (nSPS) is 12.1. The fraction of sp³-hybridized carbons (Fsp3) is 0.188. The molecule has 1 atom stereocenters. The number of rotatable bonds is 5. The molecule has 1 aromatic heterocycles. The van der Waals surface area contributed by atoms with E-state index in [1.807, 2.05) is 31.2 Å². The van der Waals surface area contributed by atoms with Crippen LogP contribution in [-0.4, -0.2) is 23.2 Å². The minimum absolute atomic E-state index is 0.304. The Morgan fingerprint density at radius 2 is 2.10 bits per heavy atom. The maximum atomic E-state index is 11.9. The molecule has 0 saturated heterocycles. The Balaban J connectivity index is 1.87. The van der Waals surface area contributed by atoms with Crippen molar-refractivity contribution in [3.05, 3.63) is 59.9 Å². The number of nitrogens with zero attached hydrogens (tertiary/aromatic N) is 2. The van der Waals surface area contributed by atoms with Crippen molar-refractivity contribution in [3.8, 4) is 5.75 Å². The number of nitrogens with one attached hydrogen (secondary N) is 1. The number of hydrogen-bond donors (Lipinski definition) is 1. The van der Waals surface area contributed by atoms with Crippen LogP contribution in [-0.2, 0) is 4.79 Å². The second-order valence-electron chi connectivity index (χ2n) is 4.59. The molecule has 5 heteroatoms. The minimum Gasteiger partial charge on any atom is -0.481 e. The molecule has 0 aliphatic carbocycles. The van der Waals surface area contributed by atoms with E-state index in [0.29, 0.717) is 5.75 Å². The maximum absolute atomic E-state index is 11.9. The lowest BCUT2D eigenvalue weighted by Crippen LogP contribution is -2.33. The monoisotopic (exact) mass is 283 g/mol. The third-order valence-corrected chi connectivity index (χ3v) is 2.77. The first kappa shape index (κ1) is 14.7. The van der Waals surface area contributed by atoms with Crippen molar-refractivity contribution in [2.24, 2.45) is 5.10 Å². The highest BCUT2D eigenvalue weighted by atomic mass is 16.5. The summed E-state index contributed by atoms with van der Waals surface area (Å²) >= 11 is 0. The molecule has 0 saturated carbocycles. The van der Waals surface area contributed by atoms with Gasteiger partial charge in [-0.05, 0) is 49.2 Å². The molecule has 0 bridgehead atoms. The Hall–Kier alpha value is -2.69. The molecule has 1 aromatic carbocycles. The number of ether oxygens (including phenoxy) is 1. The summed E-state index contributed by atoms with van der Waals surface area (Å²) in [6.07, 6.45) is 4.25. The van der Waals surface area contributed by atoms with E-state index in [1.54, 1.807) is 37.7 Å². The fourth-order valence-electron chi connectivity index (χ4n) is 1.66. The van der Waals surface area contributed by atoms with Crippen LogP contribution in [0.4, 0.5) is 0 Å². The molecule has 1 amide bonds. The Kier molecular flexibility index (Phi) is 5.04. The number of carbonyl (C=O) groups excluding carboxylic acids is 1. The quantitative estimate of drug-likeness (QED) is 0.676. The summed E-state index contributed by atoms with van der Waals surface area (Å²) in [5.41, 5.74) is 4.39. The highest BCUT2D eigenvalue weighted by Crippen LogP contribution is 2.14. The summed E-state index contributed by atoms with van der Waals surface area (Å²) < 4.78 is 5.56. The molecular formula is C16H17N3O2. The van der Waals surface area contributed by atoms with Crippen molar-refractivity contribution in [1.29, 1.82) is 0 Å². The average molecular weight is 283 g/mol. The van der Waals surface area contributed by atoms with Crippen molar-refractivity contribution in [2.75, 3.05) is 0 Å². The lowest BCUT2D eigenvalue weighted by Gasteiger charge is -2.13. The molecule has 0 unspecified atom stereocenters. The van der Waals surface area contributed by atoms with E-state index < -0.39 is 6.10 Å². The summed E-state index contributed by atoms with van der Waals surface area (Å²) in [6.45, 7) is 3.65. The third kappa shape index (κ3) is 4.72. The molecule has 0 aliphatic rings. The van der Waals surface area contributed by atoms with Crippen LogP contribution in [0, 0.1) is 6.92 Å². The standard InChI is InChI=1S/C16H17N3O2/c1-12-4-3-5-15(10-12)21-13(2)16(20)19-18-11-14-6-8-17-9-7-14/h3-11,13H,1-2H3,(H,19,20)/t13-/m0/s1. The van der Waals surface area contributed by atoms with E-state index in [9.17, 15) is 4.79 Å². The Bertz CT molecular complexity index is 626. The zero-order chi connectivity index (χ0) is 15.1. The van der Waals surface area contributed by atoms with Gasteiger partial charge in [-0.3, -0.25) is 9.78 Å². The predicted molar refractivity (Wildman–Crippen MR) is 81.2 cm³/mol. The van der Waals surface area contributed by atoms with Gasteiger partial charge in [-0.25, -0.2) is 5.43 Å². The van der Waals surface area contributed by atoms with Gasteiger partial charge in [0.25, 0.3) is 5.91 Å². The van der Waals surface area contributed by atoms with Crippen molar-refractivity contribution < 1.29 is 9.53 Å². The average Bonchev–Trinajstić information content (AvgIpc) is 2.48. The second-order valence-corrected chi connectivity index (χ2v) is 4.59. The van der Waals surface area contributed by atoms with E-state index in [0.717, 1.165) is 11.1 Å². The van der Waals surface area contributed by atoms with E-state index in [-0.39, 0.29) is 5.91 Å². The predicted octanol–water partition coefficient (Wildman–Crippen LogP) is 2.31. The van der Waals surface area contributed by atoms with Crippen LogP contribution in [0.3, 0.4) is 0 Å². The van der Waals surface area contributed by atoms with Gasteiger partial charge in [-0.1, -0.05) is 12.1 Å². The second kappa shape index (κ2) is 7.19. The SMILES string of the molecule is Cc1cccc(O[C@@H](C)C(=O)NN=Cc2ccncc2)c1. The highest BCUT2D eigenvalue weighted by Gasteiger charge is 2.13. The van der Waals surface area contributed by atoms with Crippen LogP contribution < -0.4 is 10.2 Å². The number of carbonyl (C=O) groups is 1. The summed E-state index contributed by atoms with van der Waals surface area (Å²) in [6, 6.07) is 11.1. The van der Waals surface area contributed by atoms with Crippen LogP contribution in [0.1, 0.15) is 18.1 Å². The van der Waals surface area contributed by atoms with Gasteiger partial charge in [0, 0.05) is 12.4 Å². The van der Waals surface area contributed by atoms with Crippen molar-refractivity contribution in [1.82, 2.24) is 10.4 Å². The molecule has 0 radical (unpaired) electrons. The van der Waals surface area contributed by atoms with Gasteiger partial charge in [0.1, 0.15) is 5.75 Å². The molecule has 2 rings (SSSR count). The molecular weight excluding hydrogens is 266 g/mol. The van der Waals surface area contributed by atoms with Crippen molar-refractivity contribution in [2.45, 2.75) is 20.0 Å². The van der Waals surface area contributed by atoms with Crippen molar-refractivity contribution >= 4 is 12.1 Å². The summed E-state index contributed by atoms with van der Waals surface area (Å²) in [5, 5.41) is 3.89. The minimum atomic E-state index is -0.624. The van der Waals surface area contributed by atoms with Gasteiger partial charge in [0.2, 0.25) is 0 Å². The van der Waals surface area contributed by atoms with Gasteiger partial charge in [0.15, 0.2) is 6.10 Å². The van der Waals surface area contributed by atoms with E-state index >= 15 is 0 Å². The molecule has 0 spiro atoms. The molecule has 5 nitrogen and oxygen atoms in total. The topological polar surface area (TPSA) is 63.6 Å². The zero-order valence-electron chi connectivity index (χ0n) is 12.0. The summed E-state index contributed by atoms with van der Waals surface area (Å²) in [7, 11) is 0. The van der Waals surface area contributed by atoms with Gasteiger partial charge >= 0.3 is 0 Å². The van der Waals surface area contributed by atoms with Gasteiger partial charge in [-0.15, -0.1) is 0 Å². The largest absolute Gasteiger partial charge is 0.481 e. The van der Waals surface area contributed by atoms with Crippen LogP contribution in [0.15, 0.2) is 53.9 Å². The molecule has 21 heavy (non-hydrogen) atoms. The number of amides is 1. The number of hydrazone groups is 1. The Morgan fingerprint density at radius 1 is 1.33 bits per heavy atom. The molecule has 1 heterocycles. The Morgan fingerprint density at radius 3 is 2.81 bits per heavy atom. The first-order chi connectivity index (χ1) is 10.1. The first-order valence-corrected chi connectivity index (χ1v) is 6.61. The summed E-state index contributed by atoms with van der Waals surface area (Å²) in [5.74, 6) is 0.359. The van der Waals surface area contributed by atoms with E-state index in [2.05, 4.69) is 15.5 Å². The van der Waals surface area contributed by atoms with Crippen LogP contribution in [0.5, 0.6) is 5.75 Å². The first-order valence-electron chi connectivity index (χ1n) is 6.61. The van der Waals surface area contributed by atoms with Crippen LogP contribution >= 0.6 is 0 Å². The van der Waals surface area contributed by atoms with Crippen LogP contribution in [0.25, 0.3) is 0 Å². The van der Waals surface area contributed by atoms with E-state index in [1.165, 1.54) is 0 Å². The number of aryl methyl sites for hydroxylation is 1. The third-order valence-electron chi connectivity index (χ3n) is 2.77. The van der Waals surface area contributed by atoms with Gasteiger partial charge < -0.3 is 4.74 Å². The van der Waals surface area contributed by atoms with Crippen molar-refractivity contribution in [3.63, 3.8) is 0 Å². The fourth-order valence-corrected chi connectivity index (χ4v) is 1.66. The van der Waals surface area contributed by atoms with Gasteiger partial charge in [0.05, 0.1) is 6.21 Å². The number of pyridine rings is 1. The van der Waals surface area contributed by atoms with Crippen LogP contribution in [0.2, 0.25) is 0 Å². The number of aromatic nitrogens is 1.